The van der Waals surface area contributed by atoms with Crippen molar-refractivity contribution < 1.29 is 19.8 Å². The first-order valence-electron chi connectivity index (χ1n) is 6.58. The number of aromatic hydroxyl groups is 1. The highest BCUT2D eigenvalue weighted by molar-refractivity contribution is 6.08. The van der Waals surface area contributed by atoms with Crippen LogP contribution in [-0.2, 0) is 4.79 Å². The number of carbonyl (C=O) groups is 2. The number of phenolic OH excluding ortho intramolecular Hbond substituents is 1. The Morgan fingerprint density at radius 1 is 0.864 bits per heavy atom. The van der Waals surface area contributed by atoms with Crippen LogP contribution >= 0.6 is 0 Å². The Morgan fingerprint density at radius 2 is 1.55 bits per heavy atom. The summed E-state index contributed by atoms with van der Waals surface area (Å²) in [7, 11) is 0. The molecule has 0 radical (unpaired) electrons. The van der Waals surface area contributed by atoms with E-state index in [0.717, 1.165) is 11.6 Å². The summed E-state index contributed by atoms with van der Waals surface area (Å²) in [5.41, 5.74) is 1.56. The fourth-order valence-electron chi connectivity index (χ4n) is 1.85. The third kappa shape index (κ3) is 4.18. The second-order valence-electron chi connectivity index (χ2n) is 4.56. The molecule has 0 aliphatic carbocycles. The van der Waals surface area contributed by atoms with Gasteiger partial charge in [0, 0.05) is 6.08 Å². The SMILES string of the molecule is O=C(O)C=Cc1ccc(C(=O)C=Cc2ccccc2)c(O)c1. The van der Waals surface area contributed by atoms with Gasteiger partial charge in [-0.25, -0.2) is 4.79 Å². The molecule has 0 saturated carbocycles. The number of allylic oxidation sites excluding steroid dienone is 1. The third-order valence-electron chi connectivity index (χ3n) is 2.93. The number of phenols is 1. The first kappa shape index (κ1) is 15.3. The highest BCUT2D eigenvalue weighted by Gasteiger charge is 2.08. The summed E-state index contributed by atoms with van der Waals surface area (Å²) in [6, 6.07) is 13.7. The van der Waals surface area contributed by atoms with Crippen LogP contribution in [0.3, 0.4) is 0 Å². The molecule has 0 atom stereocenters. The van der Waals surface area contributed by atoms with Gasteiger partial charge in [-0.1, -0.05) is 42.5 Å². The third-order valence-corrected chi connectivity index (χ3v) is 2.93. The lowest BCUT2D eigenvalue weighted by Crippen LogP contribution is -1.95. The monoisotopic (exact) mass is 294 g/mol. The molecular weight excluding hydrogens is 280 g/mol. The standard InChI is InChI=1S/C18H14O4/c19-16(10-7-13-4-2-1-3-5-13)15-9-6-14(12-17(15)20)8-11-18(21)22/h1-12,20H,(H,21,22). The summed E-state index contributed by atoms with van der Waals surface area (Å²) in [6.07, 6.45) is 5.36. The molecule has 0 heterocycles. The van der Waals surface area contributed by atoms with Gasteiger partial charge in [0.25, 0.3) is 0 Å². The van der Waals surface area contributed by atoms with Gasteiger partial charge in [-0.15, -0.1) is 0 Å². The largest absolute Gasteiger partial charge is 0.507 e. The molecule has 0 spiro atoms. The van der Waals surface area contributed by atoms with Crippen LogP contribution in [0.4, 0.5) is 0 Å². The lowest BCUT2D eigenvalue weighted by atomic mass is 10.0. The number of carboxylic acid groups (broad SMARTS) is 1. The van der Waals surface area contributed by atoms with Gasteiger partial charge < -0.3 is 10.2 Å². The van der Waals surface area contributed by atoms with Gasteiger partial charge in [-0.05, 0) is 35.4 Å². The average molecular weight is 294 g/mol. The zero-order chi connectivity index (χ0) is 15.9. The second-order valence-corrected chi connectivity index (χ2v) is 4.56. The van der Waals surface area contributed by atoms with Crippen LogP contribution in [0.5, 0.6) is 5.75 Å². The Labute approximate surface area is 127 Å². The Balaban J connectivity index is 2.17. The molecule has 2 N–H and O–H groups in total. The van der Waals surface area contributed by atoms with Gasteiger partial charge in [0.15, 0.2) is 5.78 Å². The van der Waals surface area contributed by atoms with Crippen molar-refractivity contribution in [3.05, 3.63) is 77.4 Å². The molecule has 0 aliphatic heterocycles. The average Bonchev–Trinajstić information content (AvgIpc) is 2.51. The van der Waals surface area contributed by atoms with Crippen LogP contribution in [0.1, 0.15) is 21.5 Å². The number of benzene rings is 2. The van der Waals surface area contributed by atoms with Crippen molar-refractivity contribution >= 4 is 23.9 Å². The second kappa shape index (κ2) is 7.04. The molecule has 4 nitrogen and oxygen atoms in total. The van der Waals surface area contributed by atoms with Crippen molar-refractivity contribution in [1.82, 2.24) is 0 Å². The van der Waals surface area contributed by atoms with Crippen molar-refractivity contribution in [2.75, 3.05) is 0 Å². The molecule has 0 saturated heterocycles. The van der Waals surface area contributed by atoms with Crippen molar-refractivity contribution in [2.45, 2.75) is 0 Å². The van der Waals surface area contributed by atoms with Crippen LogP contribution in [-0.4, -0.2) is 22.0 Å². The van der Waals surface area contributed by atoms with E-state index in [9.17, 15) is 14.7 Å². The van der Waals surface area contributed by atoms with Crippen molar-refractivity contribution in [3.63, 3.8) is 0 Å². The smallest absolute Gasteiger partial charge is 0.328 e. The molecule has 2 aromatic carbocycles. The minimum absolute atomic E-state index is 0.166. The molecule has 110 valence electrons. The van der Waals surface area contributed by atoms with E-state index in [1.807, 2.05) is 30.3 Å². The zero-order valence-corrected chi connectivity index (χ0v) is 11.6. The lowest BCUT2D eigenvalue weighted by Gasteiger charge is -2.02. The molecule has 0 aromatic heterocycles. The Morgan fingerprint density at radius 3 is 2.18 bits per heavy atom. The molecule has 0 amide bonds. The normalized spacial score (nSPS) is 11.1. The molecular formula is C18H14O4. The van der Waals surface area contributed by atoms with Crippen LogP contribution in [0.2, 0.25) is 0 Å². The van der Waals surface area contributed by atoms with Crippen LogP contribution in [0.15, 0.2) is 60.7 Å². The van der Waals surface area contributed by atoms with Crippen molar-refractivity contribution in [3.8, 4) is 5.75 Å². The van der Waals surface area contributed by atoms with E-state index in [1.54, 1.807) is 12.1 Å². The van der Waals surface area contributed by atoms with E-state index in [0.29, 0.717) is 5.56 Å². The van der Waals surface area contributed by atoms with Crippen LogP contribution in [0, 0.1) is 0 Å². The number of ketones is 1. The minimum Gasteiger partial charge on any atom is -0.507 e. The summed E-state index contributed by atoms with van der Waals surface area (Å²) in [4.78, 5) is 22.5. The first-order chi connectivity index (χ1) is 10.6. The fourth-order valence-corrected chi connectivity index (χ4v) is 1.85. The van der Waals surface area contributed by atoms with Gasteiger partial charge in [0.2, 0.25) is 0 Å². The molecule has 22 heavy (non-hydrogen) atoms. The van der Waals surface area contributed by atoms with E-state index in [1.165, 1.54) is 24.3 Å². The van der Waals surface area contributed by atoms with Gasteiger partial charge in [0.1, 0.15) is 5.75 Å². The summed E-state index contributed by atoms with van der Waals surface area (Å²) in [5.74, 6) is -1.59. The van der Waals surface area contributed by atoms with Crippen LogP contribution in [0.25, 0.3) is 12.2 Å². The number of aliphatic carboxylic acids is 1. The number of carboxylic acids is 1. The molecule has 0 unspecified atom stereocenters. The van der Waals surface area contributed by atoms with Gasteiger partial charge in [-0.3, -0.25) is 4.79 Å². The summed E-state index contributed by atoms with van der Waals surface area (Å²) < 4.78 is 0. The van der Waals surface area contributed by atoms with Gasteiger partial charge in [-0.2, -0.15) is 0 Å². The van der Waals surface area contributed by atoms with Crippen molar-refractivity contribution in [2.24, 2.45) is 0 Å². The van der Waals surface area contributed by atoms with E-state index < -0.39 is 5.97 Å². The Bertz CT molecular complexity index is 743. The first-order valence-corrected chi connectivity index (χ1v) is 6.58. The summed E-state index contributed by atoms with van der Waals surface area (Å²) >= 11 is 0. The number of rotatable bonds is 5. The maximum absolute atomic E-state index is 12.1. The zero-order valence-electron chi connectivity index (χ0n) is 11.6. The highest BCUT2D eigenvalue weighted by Crippen LogP contribution is 2.21. The van der Waals surface area contributed by atoms with Crippen LogP contribution < -0.4 is 0 Å². The molecule has 2 aromatic rings. The Hall–Kier alpha value is -3.14. The molecule has 4 heteroatoms. The summed E-state index contributed by atoms with van der Waals surface area (Å²) in [6.45, 7) is 0. The molecule has 0 aliphatic rings. The number of carbonyl (C=O) groups excluding carboxylic acids is 1. The molecule has 0 bridgehead atoms. The topological polar surface area (TPSA) is 74.6 Å². The maximum atomic E-state index is 12.1. The lowest BCUT2D eigenvalue weighted by molar-refractivity contribution is -0.131. The quantitative estimate of drug-likeness (QED) is 0.655. The number of hydrogen-bond donors (Lipinski definition) is 2. The predicted molar refractivity (Wildman–Crippen MR) is 84.6 cm³/mol. The Kier molecular flexibility index (Phi) is 4.88. The van der Waals surface area contributed by atoms with E-state index in [4.69, 9.17) is 5.11 Å². The summed E-state index contributed by atoms with van der Waals surface area (Å²) in [5, 5.41) is 18.4. The van der Waals surface area contributed by atoms with Gasteiger partial charge >= 0.3 is 5.97 Å². The van der Waals surface area contributed by atoms with Gasteiger partial charge in [0.05, 0.1) is 5.56 Å². The fraction of sp³-hybridized carbons (Fsp3) is 0. The molecule has 0 fully saturated rings. The van der Waals surface area contributed by atoms with E-state index in [2.05, 4.69) is 0 Å². The maximum Gasteiger partial charge on any atom is 0.328 e. The van der Waals surface area contributed by atoms with E-state index in [-0.39, 0.29) is 17.1 Å². The van der Waals surface area contributed by atoms with Crippen molar-refractivity contribution in [1.29, 1.82) is 0 Å². The highest BCUT2D eigenvalue weighted by atomic mass is 16.4. The molecule has 2 rings (SSSR count). The van der Waals surface area contributed by atoms with E-state index >= 15 is 0 Å². The minimum atomic E-state index is -1.08. The number of hydrogen-bond acceptors (Lipinski definition) is 3. The predicted octanol–water partition coefficient (Wildman–Crippen LogP) is 3.39.